The van der Waals surface area contributed by atoms with E-state index >= 15 is 0 Å². The predicted molar refractivity (Wildman–Crippen MR) is 110 cm³/mol. The van der Waals surface area contributed by atoms with E-state index in [1.54, 1.807) is 42.5 Å². The molecule has 30 heavy (non-hydrogen) atoms. The second-order valence-electron chi connectivity index (χ2n) is 6.30. The van der Waals surface area contributed by atoms with Gasteiger partial charge in [-0.2, -0.15) is 8.78 Å². The number of nitrogens with one attached hydrogen (secondary N) is 1. The lowest BCUT2D eigenvalue weighted by Crippen LogP contribution is -2.07. The fraction of sp³-hybridized carbons (Fsp3) is 0.0435. The summed E-state index contributed by atoms with van der Waals surface area (Å²) in [6, 6.07) is 20.7. The van der Waals surface area contributed by atoms with Crippen LogP contribution in [0.3, 0.4) is 0 Å². The van der Waals surface area contributed by atoms with Crippen LogP contribution in [0.15, 0.2) is 83.3 Å². The summed E-state index contributed by atoms with van der Waals surface area (Å²) in [6.07, 6.45) is 2.67. The Hall–Kier alpha value is -4.00. The number of benzene rings is 3. The van der Waals surface area contributed by atoms with Crippen molar-refractivity contribution in [2.75, 3.05) is 5.32 Å². The maximum Gasteiger partial charge on any atom is 0.387 e. The Morgan fingerprint density at radius 1 is 1.00 bits per heavy atom. The van der Waals surface area contributed by atoms with Crippen molar-refractivity contribution in [2.45, 2.75) is 6.61 Å². The smallest absolute Gasteiger partial charge is 0.387 e. The van der Waals surface area contributed by atoms with E-state index in [0.717, 1.165) is 11.1 Å². The van der Waals surface area contributed by atoms with Crippen molar-refractivity contribution >= 4 is 28.8 Å². The van der Waals surface area contributed by atoms with Gasteiger partial charge in [-0.05, 0) is 48.5 Å². The van der Waals surface area contributed by atoms with Crippen LogP contribution in [0.1, 0.15) is 5.56 Å². The van der Waals surface area contributed by atoms with Crippen molar-refractivity contribution in [1.82, 2.24) is 4.98 Å². The third-order valence-electron chi connectivity index (χ3n) is 4.24. The molecule has 5 nitrogen and oxygen atoms in total. The van der Waals surface area contributed by atoms with Crippen molar-refractivity contribution < 1.29 is 22.7 Å². The molecule has 4 rings (SSSR count). The number of aromatic nitrogens is 1. The zero-order valence-electron chi connectivity index (χ0n) is 15.6. The van der Waals surface area contributed by atoms with Gasteiger partial charge in [-0.1, -0.05) is 30.3 Å². The summed E-state index contributed by atoms with van der Waals surface area (Å²) in [7, 11) is 0. The number of fused-ring (bicyclic) bond motifs is 1. The molecule has 1 N–H and O–H groups in total. The van der Waals surface area contributed by atoms with Crippen molar-refractivity contribution in [3.05, 3.63) is 84.4 Å². The number of alkyl halides is 2. The van der Waals surface area contributed by atoms with Gasteiger partial charge in [0.1, 0.15) is 11.3 Å². The summed E-state index contributed by atoms with van der Waals surface area (Å²) in [6.45, 7) is -2.94. The third-order valence-corrected chi connectivity index (χ3v) is 4.24. The van der Waals surface area contributed by atoms with E-state index in [1.165, 1.54) is 18.2 Å². The molecule has 0 saturated heterocycles. The Bertz CT molecular complexity index is 1170. The lowest BCUT2D eigenvalue weighted by molar-refractivity contribution is -0.111. The number of hydrogen-bond acceptors (Lipinski definition) is 4. The van der Waals surface area contributed by atoms with E-state index in [2.05, 4.69) is 15.0 Å². The number of carbonyl (C=O) groups is 1. The number of para-hydroxylation sites is 3. The minimum absolute atomic E-state index is 0.000706. The molecule has 0 bridgehead atoms. The number of anilines is 1. The van der Waals surface area contributed by atoms with Gasteiger partial charge in [0.05, 0.1) is 0 Å². The number of halogens is 2. The molecule has 1 heterocycles. The number of ether oxygens (including phenoxy) is 1. The first-order valence-electron chi connectivity index (χ1n) is 9.07. The molecule has 0 saturated carbocycles. The highest BCUT2D eigenvalue weighted by atomic mass is 19.3. The van der Waals surface area contributed by atoms with Crippen LogP contribution in [0, 0.1) is 0 Å². The molecule has 0 fully saturated rings. The van der Waals surface area contributed by atoms with Crippen molar-refractivity contribution in [2.24, 2.45) is 0 Å². The molecule has 3 aromatic carbocycles. The second kappa shape index (κ2) is 8.57. The lowest BCUT2D eigenvalue weighted by Gasteiger charge is -2.07. The summed E-state index contributed by atoms with van der Waals surface area (Å²) >= 11 is 0. The molecule has 0 aliphatic heterocycles. The van der Waals surface area contributed by atoms with Crippen LogP contribution in [0.4, 0.5) is 14.5 Å². The van der Waals surface area contributed by atoms with Crippen LogP contribution >= 0.6 is 0 Å². The van der Waals surface area contributed by atoms with Gasteiger partial charge in [0.25, 0.3) is 0 Å². The van der Waals surface area contributed by atoms with Crippen LogP contribution in [-0.4, -0.2) is 17.5 Å². The maximum atomic E-state index is 12.5. The van der Waals surface area contributed by atoms with Crippen LogP contribution in [-0.2, 0) is 4.79 Å². The van der Waals surface area contributed by atoms with Crippen LogP contribution in [0.2, 0.25) is 0 Å². The summed E-state index contributed by atoms with van der Waals surface area (Å²) in [4.78, 5) is 16.6. The topological polar surface area (TPSA) is 64.4 Å². The highest BCUT2D eigenvalue weighted by Crippen LogP contribution is 2.25. The number of oxazole rings is 1. The van der Waals surface area contributed by atoms with Gasteiger partial charge in [-0.25, -0.2) is 4.98 Å². The quantitative estimate of drug-likeness (QED) is 0.414. The average molecular weight is 406 g/mol. The number of nitrogens with zero attached hydrogens (tertiary/aromatic N) is 1. The predicted octanol–water partition coefficient (Wildman–Crippen LogP) is 5.75. The fourth-order valence-corrected chi connectivity index (χ4v) is 2.86. The molecule has 1 aromatic heterocycles. The molecule has 0 aliphatic rings. The summed E-state index contributed by atoms with van der Waals surface area (Å²) in [5, 5.41) is 2.71. The van der Waals surface area contributed by atoms with Gasteiger partial charge in [-0.3, -0.25) is 4.79 Å². The number of carbonyl (C=O) groups excluding carboxylic acids is 1. The second-order valence-corrected chi connectivity index (χ2v) is 6.30. The van der Waals surface area contributed by atoms with E-state index in [4.69, 9.17) is 4.42 Å². The Morgan fingerprint density at radius 2 is 1.73 bits per heavy atom. The third kappa shape index (κ3) is 4.52. The largest absolute Gasteiger partial charge is 0.436 e. The van der Waals surface area contributed by atoms with Gasteiger partial charge in [0.15, 0.2) is 5.58 Å². The van der Waals surface area contributed by atoms with E-state index in [9.17, 15) is 13.6 Å². The Labute approximate surface area is 170 Å². The Morgan fingerprint density at radius 3 is 2.50 bits per heavy atom. The standard InChI is InChI=1S/C23H16F2N2O3/c24-23(25)30-19-7-3-1-5-15(19)11-14-21(28)26-17-12-9-16(10-13-17)22-27-18-6-2-4-8-20(18)29-22/h1-14,23H,(H,26,28)/b14-11+. The Balaban J connectivity index is 1.43. The molecular formula is C23H16F2N2O3. The van der Waals surface area contributed by atoms with E-state index in [1.807, 2.05) is 24.3 Å². The first-order valence-corrected chi connectivity index (χ1v) is 9.07. The molecule has 4 aromatic rings. The first-order chi connectivity index (χ1) is 14.6. The van der Waals surface area contributed by atoms with E-state index < -0.39 is 12.5 Å². The molecular weight excluding hydrogens is 390 g/mol. The van der Waals surface area contributed by atoms with Crippen molar-refractivity contribution in [3.63, 3.8) is 0 Å². The lowest BCUT2D eigenvalue weighted by atomic mass is 10.2. The zero-order chi connectivity index (χ0) is 20.9. The van der Waals surface area contributed by atoms with E-state index in [-0.39, 0.29) is 5.75 Å². The van der Waals surface area contributed by atoms with Crippen LogP contribution in [0.5, 0.6) is 5.75 Å². The van der Waals surface area contributed by atoms with Gasteiger partial charge < -0.3 is 14.5 Å². The van der Waals surface area contributed by atoms with E-state index in [0.29, 0.717) is 22.7 Å². The average Bonchev–Trinajstić information content (AvgIpc) is 3.17. The zero-order valence-corrected chi connectivity index (χ0v) is 15.6. The summed E-state index contributed by atoms with van der Waals surface area (Å²) in [5.41, 5.74) is 3.19. The maximum absolute atomic E-state index is 12.5. The van der Waals surface area contributed by atoms with Crippen LogP contribution in [0.25, 0.3) is 28.6 Å². The van der Waals surface area contributed by atoms with Gasteiger partial charge >= 0.3 is 6.61 Å². The number of hydrogen-bond donors (Lipinski definition) is 1. The molecule has 1 amide bonds. The first kappa shape index (κ1) is 19.3. The molecule has 0 aliphatic carbocycles. The van der Waals surface area contributed by atoms with Crippen molar-refractivity contribution in [3.8, 4) is 17.2 Å². The molecule has 0 unspecified atom stereocenters. The number of amides is 1. The highest BCUT2D eigenvalue weighted by Gasteiger charge is 2.09. The molecule has 0 atom stereocenters. The molecule has 0 radical (unpaired) electrons. The normalized spacial score (nSPS) is 11.3. The van der Waals surface area contributed by atoms with Gasteiger partial charge in [-0.15, -0.1) is 0 Å². The van der Waals surface area contributed by atoms with Gasteiger partial charge in [0, 0.05) is 22.9 Å². The molecule has 0 spiro atoms. The Kier molecular flexibility index (Phi) is 5.52. The fourth-order valence-electron chi connectivity index (χ4n) is 2.86. The SMILES string of the molecule is O=C(/C=C/c1ccccc1OC(F)F)Nc1ccc(-c2nc3ccccc3o2)cc1. The summed E-state index contributed by atoms with van der Waals surface area (Å²) in [5.74, 6) is 0.0836. The highest BCUT2D eigenvalue weighted by molar-refractivity contribution is 6.02. The monoisotopic (exact) mass is 406 g/mol. The van der Waals surface area contributed by atoms with Crippen molar-refractivity contribution in [1.29, 1.82) is 0 Å². The van der Waals surface area contributed by atoms with Crippen LogP contribution < -0.4 is 10.1 Å². The van der Waals surface area contributed by atoms with Gasteiger partial charge in [0.2, 0.25) is 11.8 Å². The molecule has 150 valence electrons. The molecule has 7 heteroatoms. The minimum Gasteiger partial charge on any atom is -0.436 e. The summed E-state index contributed by atoms with van der Waals surface area (Å²) < 4.78 is 35.1. The number of rotatable bonds is 6. The minimum atomic E-state index is -2.94.